The zero-order valence-electron chi connectivity index (χ0n) is 17.8. The molecule has 0 aliphatic carbocycles. The van der Waals surface area contributed by atoms with Crippen molar-refractivity contribution in [2.24, 2.45) is 5.92 Å². The van der Waals surface area contributed by atoms with Crippen molar-refractivity contribution in [1.29, 1.82) is 0 Å². The molecule has 2 aliphatic rings. The lowest BCUT2D eigenvalue weighted by atomic mass is 9.98. The number of furan rings is 1. The number of aryl methyl sites for hydroxylation is 1. The van der Waals surface area contributed by atoms with Gasteiger partial charge in [0, 0.05) is 13.1 Å². The molecule has 0 bridgehead atoms. The minimum Gasteiger partial charge on any atom is -0.482 e. The van der Waals surface area contributed by atoms with Crippen LogP contribution in [0.2, 0.25) is 0 Å². The van der Waals surface area contributed by atoms with E-state index >= 15 is 0 Å². The van der Waals surface area contributed by atoms with Gasteiger partial charge in [-0.1, -0.05) is 6.07 Å². The van der Waals surface area contributed by atoms with Crippen LogP contribution < -0.4 is 9.64 Å². The Kier molecular flexibility index (Phi) is 5.97. The van der Waals surface area contributed by atoms with E-state index in [2.05, 4.69) is 0 Å². The molecular weight excluding hydrogens is 400 g/mol. The average Bonchev–Trinajstić information content (AvgIpc) is 3.24. The first-order chi connectivity index (χ1) is 15.0. The fourth-order valence-corrected chi connectivity index (χ4v) is 3.99. The van der Waals surface area contributed by atoms with E-state index in [-0.39, 0.29) is 42.6 Å². The highest BCUT2D eigenvalue weighted by Crippen LogP contribution is 2.34. The number of nitrogens with zero attached hydrogens (tertiary/aromatic N) is 2. The van der Waals surface area contributed by atoms with E-state index in [0.29, 0.717) is 43.3 Å². The van der Waals surface area contributed by atoms with Gasteiger partial charge < -0.3 is 18.8 Å². The molecule has 0 radical (unpaired) electrons. The molecule has 1 atom stereocenters. The van der Waals surface area contributed by atoms with Crippen molar-refractivity contribution in [2.45, 2.75) is 33.2 Å². The normalized spacial score (nSPS) is 18.4. The van der Waals surface area contributed by atoms with Gasteiger partial charge in [0.05, 0.1) is 24.8 Å². The third-order valence-electron chi connectivity index (χ3n) is 5.57. The van der Waals surface area contributed by atoms with Crippen molar-refractivity contribution in [3.8, 4) is 5.75 Å². The summed E-state index contributed by atoms with van der Waals surface area (Å²) in [5.41, 5.74) is 1.70. The minimum absolute atomic E-state index is 0.0361. The predicted molar refractivity (Wildman–Crippen MR) is 112 cm³/mol. The highest BCUT2D eigenvalue weighted by molar-refractivity contribution is 5.98. The summed E-state index contributed by atoms with van der Waals surface area (Å²) in [6, 6.07) is 8.99. The summed E-state index contributed by atoms with van der Waals surface area (Å²) in [7, 11) is 0. The summed E-state index contributed by atoms with van der Waals surface area (Å²) in [5, 5.41) is 0. The molecule has 2 amide bonds. The molecule has 1 aromatic carbocycles. The number of hydrogen-bond donors (Lipinski definition) is 0. The highest BCUT2D eigenvalue weighted by Gasteiger charge is 2.31. The lowest BCUT2D eigenvalue weighted by molar-refractivity contribution is -0.149. The predicted octanol–water partition coefficient (Wildman–Crippen LogP) is 2.93. The molecule has 0 spiro atoms. The van der Waals surface area contributed by atoms with Crippen LogP contribution in [-0.4, -0.2) is 49.0 Å². The largest absolute Gasteiger partial charge is 0.482 e. The van der Waals surface area contributed by atoms with Gasteiger partial charge in [-0.3, -0.25) is 19.3 Å². The molecule has 8 heteroatoms. The third kappa shape index (κ3) is 4.42. The first kappa shape index (κ1) is 21.0. The van der Waals surface area contributed by atoms with E-state index in [0.717, 1.165) is 12.0 Å². The number of esters is 1. The van der Waals surface area contributed by atoms with Gasteiger partial charge in [-0.15, -0.1) is 0 Å². The molecule has 3 heterocycles. The van der Waals surface area contributed by atoms with E-state index in [1.54, 1.807) is 28.9 Å². The molecule has 1 fully saturated rings. The summed E-state index contributed by atoms with van der Waals surface area (Å²) in [4.78, 5) is 40.7. The molecule has 1 aromatic heterocycles. The van der Waals surface area contributed by atoms with Gasteiger partial charge in [0.1, 0.15) is 11.5 Å². The number of amides is 2. The monoisotopic (exact) mass is 426 g/mol. The Morgan fingerprint density at radius 2 is 2.06 bits per heavy atom. The number of benzene rings is 1. The second-order valence-electron chi connectivity index (χ2n) is 7.85. The number of hydrogen-bond acceptors (Lipinski definition) is 6. The zero-order valence-corrected chi connectivity index (χ0v) is 17.8. The van der Waals surface area contributed by atoms with Gasteiger partial charge in [-0.25, -0.2) is 0 Å². The van der Waals surface area contributed by atoms with Crippen LogP contribution >= 0.6 is 0 Å². The molecule has 31 heavy (non-hydrogen) atoms. The smallest absolute Gasteiger partial charge is 0.310 e. The van der Waals surface area contributed by atoms with Crippen LogP contribution in [0.4, 0.5) is 5.69 Å². The first-order valence-electron chi connectivity index (χ1n) is 10.5. The summed E-state index contributed by atoms with van der Waals surface area (Å²) in [6.45, 7) is 5.11. The van der Waals surface area contributed by atoms with E-state index in [9.17, 15) is 14.4 Å². The number of likely N-dealkylation sites (tertiary alicyclic amines) is 1. The Labute approximate surface area is 180 Å². The Hall–Kier alpha value is -3.29. The van der Waals surface area contributed by atoms with Gasteiger partial charge in [0.15, 0.2) is 12.4 Å². The van der Waals surface area contributed by atoms with Crippen LogP contribution in [0.25, 0.3) is 0 Å². The number of fused-ring (bicyclic) bond motifs is 1. The van der Waals surface area contributed by atoms with Gasteiger partial charge >= 0.3 is 5.97 Å². The number of piperidine rings is 1. The fraction of sp³-hybridized carbons (Fsp3) is 0.435. The van der Waals surface area contributed by atoms with Crippen LogP contribution in [-0.2, 0) is 20.9 Å². The van der Waals surface area contributed by atoms with Crippen LogP contribution in [0.15, 0.2) is 34.7 Å². The van der Waals surface area contributed by atoms with E-state index in [1.165, 1.54) is 0 Å². The maximum absolute atomic E-state index is 12.9. The minimum atomic E-state index is -0.308. The molecule has 0 N–H and O–H groups in total. The number of carbonyl (C=O) groups excluding carboxylic acids is 3. The Bertz CT molecular complexity index is 998. The standard InChI is InChI=1S/C23H26N2O6/c1-3-29-23(28)16-5-4-10-24(12-16)22(27)20-9-7-17(31-20)13-25-18-11-15(2)6-8-19(18)30-14-21(25)26/h6-9,11,16H,3-5,10,12-14H2,1-2H3. The van der Waals surface area contributed by atoms with Crippen LogP contribution in [0.3, 0.4) is 0 Å². The molecule has 2 aromatic rings. The molecule has 8 nitrogen and oxygen atoms in total. The summed E-state index contributed by atoms with van der Waals surface area (Å²) >= 11 is 0. The van der Waals surface area contributed by atoms with E-state index < -0.39 is 0 Å². The second-order valence-corrected chi connectivity index (χ2v) is 7.85. The van der Waals surface area contributed by atoms with E-state index in [4.69, 9.17) is 13.9 Å². The van der Waals surface area contributed by atoms with Gasteiger partial charge in [0.25, 0.3) is 11.8 Å². The molecule has 2 aliphatic heterocycles. The summed E-state index contributed by atoms with van der Waals surface area (Å²) < 4.78 is 16.4. The summed E-state index contributed by atoms with van der Waals surface area (Å²) in [6.07, 6.45) is 1.45. The summed E-state index contributed by atoms with van der Waals surface area (Å²) in [5.74, 6) is 0.347. The first-order valence-corrected chi connectivity index (χ1v) is 10.5. The van der Waals surface area contributed by atoms with Crippen LogP contribution in [0.1, 0.15) is 41.6 Å². The fourth-order valence-electron chi connectivity index (χ4n) is 3.99. The molecule has 1 saturated heterocycles. The van der Waals surface area contributed by atoms with Gasteiger partial charge in [-0.2, -0.15) is 0 Å². The average molecular weight is 426 g/mol. The molecule has 1 unspecified atom stereocenters. The molecule has 164 valence electrons. The SMILES string of the molecule is CCOC(=O)C1CCCN(C(=O)c2ccc(CN3C(=O)COc4ccc(C)cc43)o2)C1. The second kappa shape index (κ2) is 8.83. The Morgan fingerprint density at radius 3 is 2.87 bits per heavy atom. The maximum atomic E-state index is 12.9. The Balaban J connectivity index is 1.46. The van der Waals surface area contributed by atoms with Crippen molar-refractivity contribution in [2.75, 3.05) is 31.2 Å². The van der Waals surface area contributed by atoms with Crippen LogP contribution in [0, 0.1) is 12.8 Å². The van der Waals surface area contributed by atoms with Gasteiger partial charge in [-0.05, 0) is 56.5 Å². The maximum Gasteiger partial charge on any atom is 0.310 e. The lowest BCUT2D eigenvalue weighted by Crippen LogP contribution is -2.42. The van der Waals surface area contributed by atoms with Crippen LogP contribution in [0.5, 0.6) is 5.75 Å². The topological polar surface area (TPSA) is 89.3 Å². The quantitative estimate of drug-likeness (QED) is 0.683. The molecule has 0 saturated carbocycles. The number of anilines is 1. The van der Waals surface area contributed by atoms with Crippen molar-refractivity contribution in [3.63, 3.8) is 0 Å². The third-order valence-corrected chi connectivity index (χ3v) is 5.57. The number of rotatable bonds is 5. The lowest BCUT2D eigenvalue weighted by Gasteiger charge is -2.31. The number of carbonyl (C=O) groups is 3. The van der Waals surface area contributed by atoms with Crippen molar-refractivity contribution >= 4 is 23.5 Å². The van der Waals surface area contributed by atoms with Gasteiger partial charge in [0.2, 0.25) is 0 Å². The van der Waals surface area contributed by atoms with Crippen molar-refractivity contribution < 1.29 is 28.3 Å². The Morgan fingerprint density at radius 1 is 1.23 bits per heavy atom. The zero-order chi connectivity index (χ0) is 22.0. The van der Waals surface area contributed by atoms with Crippen molar-refractivity contribution in [3.05, 3.63) is 47.4 Å². The van der Waals surface area contributed by atoms with Crippen molar-refractivity contribution in [1.82, 2.24) is 4.90 Å². The highest BCUT2D eigenvalue weighted by atomic mass is 16.5. The molecular formula is C23H26N2O6. The molecule has 4 rings (SSSR count). The van der Waals surface area contributed by atoms with E-state index in [1.807, 2.05) is 25.1 Å². The number of ether oxygens (including phenoxy) is 2.